The van der Waals surface area contributed by atoms with Crippen LogP contribution in [0.1, 0.15) is 20.8 Å². The lowest BCUT2D eigenvalue weighted by Gasteiger charge is -2.06. The molecule has 0 atom stereocenters. The molecule has 0 saturated heterocycles. The Morgan fingerprint density at radius 1 is 0.875 bits per heavy atom. The topological polar surface area (TPSA) is 9.23 Å². The summed E-state index contributed by atoms with van der Waals surface area (Å²) in [4.78, 5) is 0. The van der Waals surface area contributed by atoms with Crippen molar-refractivity contribution in [2.75, 3.05) is 0 Å². The Kier molecular flexibility index (Phi) is 5.94. The number of rotatable bonds is 6. The first-order valence-electron chi connectivity index (χ1n) is 5.06. The molecule has 86 valence electrons. The molecular weight excluding hydrogens is 196 g/mol. The third-order valence-corrected chi connectivity index (χ3v) is 1.87. The molecule has 0 saturated carbocycles. The molecule has 0 aromatic heterocycles. The second-order valence-electron chi connectivity index (χ2n) is 3.82. The molecule has 0 bridgehead atoms. The van der Waals surface area contributed by atoms with Gasteiger partial charge in [0.15, 0.2) is 0 Å². The van der Waals surface area contributed by atoms with Crippen LogP contribution in [0, 0.1) is 0 Å². The molecule has 0 radical (unpaired) electrons. The fourth-order valence-corrected chi connectivity index (χ4v) is 0.832. The number of ether oxygens (including phenoxy) is 1. The van der Waals surface area contributed by atoms with E-state index in [9.17, 15) is 0 Å². The number of hydrogen-bond acceptors (Lipinski definition) is 1. The maximum absolute atomic E-state index is 5.39. The fraction of sp³-hybridized carbons (Fsp3) is 0.200. The van der Waals surface area contributed by atoms with Crippen LogP contribution in [-0.2, 0) is 4.74 Å². The molecule has 0 rings (SSSR count). The minimum atomic E-state index is 0.541. The molecule has 0 aromatic rings. The first kappa shape index (κ1) is 14.2. The Hall–Kier alpha value is -1.76. The highest BCUT2D eigenvalue weighted by Gasteiger charge is 1.95. The summed E-state index contributed by atoms with van der Waals surface area (Å²) < 4.78 is 5.39. The van der Waals surface area contributed by atoms with Gasteiger partial charge >= 0.3 is 0 Å². The van der Waals surface area contributed by atoms with Gasteiger partial charge in [-0.1, -0.05) is 43.5 Å². The molecule has 1 nitrogen and oxygen atoms in total. The van der Waals surface area contributed by atoms with E-state index in [2.05, 4.69) is 26.3 Å². The molecule has 0 amide bonds. The van der Waals surface area contributed by atoms with E-state index in [1.807, 2.05) is 32.9 Å². The summed E-state index contributed by atoms with van der Waals surface area (Å²) >= 11 is 0. The smallest absolute Gasteiger partial charge is 0.120 e. The Balaban J connectivity index is 4.37. The van der Waals surface area contributed by atoms with E-state index in [0.717, 1.165) is 16.7 Å². The number of allylic oxidation sites excluding steroid dienone is 6. The summed E-state index contributed by atoms with van der Waals surface area (Å²) in [5.74, 6) is 1.09. The highest BCUT2D eigenvalue weighted by Crippen LogP contribution is 2.12. The van der Waals surface area contributed by atoms with Crippen LogP contribution < -0.4 is 0 Å². The van der Waals surface area contributed by atoms with Gasteiger partial charge < -0.3 is 4.74 Å². The highest BCUT2D eigenvalue weighted by atomic mass is 16.5. The molecule has 0 unspecified atom stereocenters. The molecule has 0 aliphatic heterocycles. The van der Waals surface area contributed by atoms with Gasteiger partial charge in [-0.2, -0.15) is 0 Å². The average molecular weight is 216 g/mol. The minimum Gasteiger partial charge on any atom is -0.459 e. The standard InChI is InChI=1S/C15H20O/c1-11(2)8-9-14(6)16-15(7)10-13(5)12(3)4/h8-10H,1,3,6-7H2,2,4-5H3/b9-8?,13-10-. The molecule has 0 aromatic carbocycles. The second-order valence-corrected chi connectivity index (χ2v) is 3.82. The molecule has 0 aliphatic carbocycles. The summed E-state index contributed by atoms with van der Waals surface area (Å²) in [7, 11) is 0. The SMILES string of the molecule is C=C(C)C=CC(=C)OC(=C)/C=C(/C)C(=C)C. The van der Waals surface area contributed by atoms with Crippen molar-refractivity contribution in [1.82, 2.24) is 0 Å². The fourth-order valence-electron chi connectivity index (χ4n) is 0.832. The van der Waals surface area contributed by atoms with Gasteiger partial charge in [0.05, 0.1) is 0 Å². The van der Waals surface area contributed by atoms with Crippen LogP contribution in [0.5, 0.6) is 0 Å². The van der Waals surface area contributed by atoms with E-state index < -0.39 is 0 Å². The van der Waals surface area contributed by atoms with Crippen molar-refractivity contribution < 1.29 is 4.74 Å². The molecule has 1 heteroatoms. The summed E-state index contributed by atoms with van der Waals surface area (Å²) in [6.45, 7) is 20.9. The van der Waals surface area contributed by atoms with Gasteiger partial charge in [-0.25, -0.2) is 0 Å². The highest BCUT2D eigenvalue weighted by molar-refractivity contribution is 5.30. The molecular formula is C15H20O. The molecule has 16 heavy (non-hydrogen) atoms. The first-order valence-corrected chi connectivity index (χ1v) is 5.06. The van der Waals surface area contributed by atoms with Crippen molar-refractivity contribution in [3.8, 4) is 0 Å². The lowest BCUT2D eigenvalue weighted by atomic mass is 10.1. The van der Waals surface area contributed by atoms with Crippen LogP contribution in [0.3, 0.4) is 0 Å². The van der Waals surface area contributed by atoms with E-state index in [1.165, 1.54) is 0 Å². The monoisotopic (exact) mass is 216 g/mol. The summed E-state index contributed by atoms with van der Waals surface area (Å²) in [5.41, 5.74) is 2.98. The third-order valence-electron chi connectivity index (χ3n) is 1.87. The predicted molar refractivity (Wildman–Crippen MR) is 71.9 cm³/mol. The van der Waals surface area contributed by atoms with Crippen molar-refractivity contribution in [2.24, 2.45) is 0 Å². The van der Waals surface area contributed by atoms with E-state index in [-0.39, 0.29) is 0 Å². The van der Waals surface area contributed by atoms with E-state index in [4.69, 9.17) is 4.74 Å². The van der Waals surface area contributed by atoms with Gasteiger partial charge in [-0.05, 0) is 38.5 Å². The zero-order valence-electron chi connectivity index (χ0n) is 10.5. The Morgan fingerprint density at radius 3 is 1.88 bits per heavy atom. The summed E-state index contributed by atoms with van der Waals surface area (Å²) in [5, 5.41) is 0. The lowest BCUT2D eigenvalue weighted by Crippen LogP contribution is -1.87. The molecule has 0 spiro atoms. The zero-order chi connectivity index (χ0) is 12.7. The van der Waals surface area contributed by atoms with Crippen LogP contribution >= 0.6 is 0 Å². The van der Waals surface area contributed by atoms with Crippen molar-refractivity contribution in [1.29, 1.82) is 0 Å². The summed E-state index contributed by atoms with van der Waals surface area (Å²) in [6, 6.07) is 0. The van der Waals surface area contributed by atoms with Crippen LogP contribution in [0.15, 0.2) is 72.8 Å². The molecule has 0 N–H and O–H groups in total. The van der Waals surface area contributed by atoms with Crippen LogP contribution in [0.4, 0.5) is 0 Å². The largest absolute Gasteiger partial charge is 0.459 e. The lowest BCUT2D eigenvalue weighted by molar-refractivity contribution is 0.340. The van der Waals surface area contributed by atoms with Gasteiger partial charge in [0.2, 0.25) is 0 Å². The quantitative estimate of drug-likeness (QED) is 0.462. The molecule has 0 heterocycles. The van der Waals surface area contributed by atoms with Gasteiger partial charge in [-0.15, -0.1) is 0 Å². The van der Waals surface area contributed by atoms with E-state index >= 15 is 0 Å². The molecule has 0 fully saturated rings. The minimum absolute atomic E-state index is 0.541. The molecule has 0 aliphatic rings. The normalized spacial score (nSPS) is 11.3. The van der Waals surface area contributed by atoms with E-state index in [1.54, 1.807) is 6.08 Å². The van der Waals surface area contributed by atoms with Crippen molar-refractivity contribution >= 4 is 0 Å². The first-order chi connectivity index (χ1) is 7.32. The maximum atomic E-state index is 5.39. The zero-order valence-corrected chi connectivity index (χ0v) is 10.5. The van der Waals surface area contributed by atoms with Crippen LogP contribution in [-0.4, -0.2) is 0 Å². The van der Waals surface area contributed by atoms with Crippen molar-refractivity contribution in [2.45, 2.75) is 20.8 Å². The van der Waals surface area contributed by atoms with Gasteiger partial charge in [0, 0.05) is 0 Å². The Morgan fingerprint density at radius 2 is 1.44 bits per heavy atom. The Bertz CT molecular complexity index is 378. The average Bonchev–Trinajstić information content (AvgIpc) is 2.14. The third kappa shape index (κ3) is 6.66. The van der Waals surface area contributed by atoms with Crippen LogP contribution in [0.25, 0.3) is 0 Å². The summed E-state index contributed by atoms with van der Waals surface area (Å²) in [6.07, 6.45) is 5.44. The van der Waals surface area contributed by atoms with Gasteiger partial charge in [-0.3, -0.25) is 0 Å². The van der Waals surface area contributed by atoms with Crippen molar-refractivity contribution in [3.05, 3.63) is 72.8 Å². The Labute approximate surface area is 98.8 Å². The second kappa shape index (κ2) is 6.67. The predicted octanol–water partition coefficient (Wildman–Crippen LogP) is 4.69. The van der Waals surface area contributed by atoms with Gasteiger partial charge in [0.25, 0.3) is 0 Å². The maximum Gasteiger partial charge on any atom is 0.120 e. The number of hydrogen-bond donors (Lipinski definition) is 0. The van der Waals surface area contributed by atoms with E-state index in [0.29, 0.717) is 11.5 Å². The van der Waals surface area contributed by atoms with Crippen molar-refractivity contribution in [3.63, 3.8) is 0 Å². The van der Waals surface area contributed by atoms with Crippen LogP contribution in [0.2, 0.25) is 0 Å². The van der Waals surface area contributed by atoms with Gasteiger partial charge in [0.1, 0.15) is 11.5 Å².